The van der Waals surface area contributed by atoms with Crippen molar-refractivity contribution in [2.75, 3.05) is 7.11 Å². The molecule has 3 unspecified atom stereocenters. The summed E-state index contributed by atoms with van der Waals surface area (Å²) in [7, 11) is 1.81. The number of ether oxygens (including phenoxy) is 1. The zero-order valence-electron chi connectivity index (χ0n) is 7.97. The van der Waals surface area contributed by atoms with Crippen LogP contribution in [0.1, 0.15) is 39.5 Å². The van der Waals surface area contributed by atoms with Crippen molar-refractivity contribution in [3.63, 3.8) is 0 Å². The molecule has 1 fully saturated rings. The molecule has 0 aromatic heterocycles. The van der Waals surface area contributed by atoms with Crippen LogP contribution in [0.3, 0.4) is 0 Å². The van der Waals surface area contributed by atoms with Crippen LogP contribution in [0.25, 0.3) is 0 Å². The molecule has 66 valence electrons. The fourth-order valence-electron chi connectivity index (χ4n) is 1.85. The second kappa shape index (κ2) is 4.10. The highest BCUT2D eigenvalue weighted by Crippen LogP contribution is 2.45. The van der Waals surface area contributed by atoms with Gasteiger partial charge < -0.3 is 4.74 Å². The molecule has 1 aliphatic rings. The van der Waals surface area contributed by atoms with E-state index in [1.54, 1.807) is 0 Å². The minimum absolute atomic E-state index is 0.474. The van der Waals surface area contributed by atoms with Gasteiger partial charge in [0.15, 0.2) is 0 Å². The lowest BCUT2D eigenvalue weighted by atomic mass is 10.1. The van der Waals surface area contributed by atoms with Crippen LogP contribution in [0, 0.1) is 11.8 Å². The molecule has 0 N–H and O–H groups in total. The summed E-state index contributed by atoms with van der Waals surface area (Å²) in [4.78, 5) is 0. The lowest BCUT2D eigenvalue weighted by Crippen LogP contribution is -2.05. The number of rotatable bonds is 5. The van der Waals surface area contributed by atoms with E-state index >= 15 is 0 Å². The molecular formula is C10H20O. The Morgan fingerprint density at radius 3 is 2.73 bits per heavy atom. The maximum absolute atomic E-state index is 5.23. The molecule has 0 aliphatic heterocycles. The van der Waals surface area contributed by atoms with Crippen LogP contribution in [-0.2, 0) is 4.74 Å². The third-order valence-corrected chi connectivity index (χ3v) is 2.77. The van der Waals surface area contributed by atoms with Gasteiger partial charge in [-0.2, -0.15) is 0 Å². The van der Waals surface area contributed by atoms with E-state index in [2.05, 4.69) is 13.8 Å². The van der Waals surface area contributed by atoms with Gasteiger partial charge in [-0.05, 0) is 31.6 Å². The lowest BCUT2D eigenvalue weighted by Gasteiger charge is -2.07. The molecule has 1 aliphatic carbocycles. The van der Waals surface area contributed by atoms with Crippen molar-refractivity contribution >= 4 is 0 Å². The van der Waals surface area contributed by atoms with Gasteiger partial charge in [-0.3, -0.25) is 0 Å². The van der Waals surface area contributed by atoms with Gasteiger partial charge in [-0.15, -0.1) is 0 Å². The molecular weight excluding hydrogens is 136 g/mol. The van der Waals surface area contributed by atoms with E-state index in [1.807, 2.05) is 7.11 Å². The number of hydrogen-bond donors (Lipinski definition) is 0. The van der Waals surface area contributed by atoms with E-state index in [-0.39, 0.29) is 0 Å². The van der Waals surface area contributed by atoms with Gasteiger partial charge in [0.05, 0.1) is 6.10 Å². The first-order valence-electron chi connectivity index (χ1n) is 4.80. The standard InChI is InChI=1S/C10H20O/c1-4-5-9-7-10(9)6-8(2)11-3/h8-10H,4-7H2,1-3H3. The molecule has 1 nitrogen and oxygen atoms in total. The Morgan fingerprint density at radius 2 is 2.18 bits per heavy atom. The molecule has 0 aromatic rings. The molecule has 1 rings (SSSR count). The second-order valence-electron chi connectivity index (χ2n) is 3.83. The highest BCUT2D eigenvalue weighted by Gasteiger charge is 2.36. The van der Waals surface area contributed by atoms with Gasteiger partial charge in [-0.25, -0.2) is 0 Å². The zero-order valence-corrected chi connectivity index (χ0v) is 7.97. The highest BCUT2D eigenvalue weighted by atomic mass is 16.5. The SMILES string of the molecule is CCCC1CC1CC(C)OC. The van der Waals surface area contributed by atoms with Crippen molar-refractivity contribution in [3.8, 4) is 0 Å². The van der Waals surface area contributed by atoms with Crippen molar-refractivity contribution < 1.29 is 4.74 Å². The summed E-state index contributed by atoms with van der Waals surface area (Å²) >= 11 is 0. The van der Waals surface area contributed by atoms with E-state index < -0.39 is 0 Å². The van der Waals surface area contributed by atoms with Gasteiger partial charge in [0, 0.05) is 7.11 Å². The molecule has 0 amide bonds. The molecule has 0 heterocycles. The van der Waals surface area contributed by atoms with Crippen LogP contribution in [0.2, 0.25) is 0 Å². The van der Waals surface area contributed by atoms with Crippen molar-refractivity contribution in [2.45, 2.75) is 45.6 Å². The molecule has 3 atom stereocenters. The predicted octanol–water partition coefficient (Wildman–Crippen LogP) is 2.85. The van der Waals surface area contributed by atoms with Gasteiger partial charge in [-0.1, -0.05) is 19.8 Å². The van der Waals surface area contributed by atoms with Crippen molar-refractivity contribution in [1.82, 2.24) is 0 Å². The Bertz CT molecular complexity index is 111. The van der Waals surface area contributed by atoms with E-state index in [1.165, 1.54) is 25.7 Å². The molecule has 0 spiro atoms. The van der Waals surface area contributed by atoms with E-state index in [0.29, 0.717) is 6.10 Å². The van der Waals surface area contributed by atoms with E-state index in [0.717, 1.165) is 11.8 Å². The van der Waals surface area contributed by atoms with Crippen LogP contribution in [-0.4, -0.2) is 13.2 Å². The van der Waals surface area contributed by atoms with E-state index in [4.69, 9.17) is 4.74 Å². The Balaban J connectivity index is 2.03. The summed E-state index contributed by atoms with van der Waals surface area (Å²) in [6, 6.07) is 0. The summed E-state index contributed by atoms with van der Waals surface area (Å²) < 4.78 is 5.23. The number of methoxy groups -OCH3 is 1. The van der Waals surface area contributed by atoms with Gasteiger partial charge in [0.2, 0.25) is 0 Å². The summed E-state index contributed by atoms with van der Waals surface area (Å²) in [5.41, 5.74) is 0. The average molecular weight is 156 g/mol. The molecule has 0 aromatic carbocycles. The molecule has 0 bridgehead atoms. The first-order chi connectivity index (χ1) is 5.27. The van der Waals surface area contributed by atoms with Crippen molar-refractivity contribution in [1.29, 1.82) is 0 Å². The maximum Gasteiger partial charge on any atom is 0.0546 e. The van der Waals surface area contributed by atoms with Gasteiger partial charge in [0.1, 0.15) is 0 Å². The minimum atomic E-state index is 0.474. The fourth-order valence-corrected chi connectivity index (χ4v) is 1.85. The van der Waals surface area contributed by atoms with Crippen LogP contribution < -0.4 is 0 Å². The molecule has 1 heteroatoms. The summed E-state index contributed by atoms with van der Waals surface area (Å²) in [5, 5.41) is 0. The van der Waals surface area contributed by atoms with Crippen molar-refractivity contribution in [3.05, 3.63) is 0 Å². The zero-order chi connectivity index (χ0) is 8.27. The summed E-state index contributed by atoms with van der Waals surface area (Å²) in [5.74, 6) is 2.03. The van der Waals surface area contributed by atoms with Gasteiger partial charge in [0.25, 0.3) is 0 Å². The predicted molar refractivity (Wildman–Crippen MR) is 47.6 cm³/mol. The quantitative estimate of drug-likeness (QED) is 0.594. The normalized spacial score (nSPS) is 31.9. The lowest BCUT2D eigenvalue weighted by molar-refractivity contribution is 0.104. The van der Waals surface area contributed by atoms with Crippen LogP contribution >= 0.6 is 0 Å². The number of hydrogen-bond acceptors (Lipinski definition) is 1. The Hall–Kier alpha value is -0.0400. The summed E-state index contributed by atoms with van der Waals surface area (Å²) in [6.07, 6.45) is 5.99. The Kier molecular flexibility index (Phi) is 3.38. The van der Waals surface area contributed by atoms with Crippen LogP contribution in [0.5, 0.6) is 0 Å². The van der Waals surface area contributed by atoms with Crippen LogP contribution in [0.15, 0.2) is 0 Å². The van der Waals surface area contributed by atoms with E-state index in [9.17, 15) is 0 Å². The Morgan fingerprint density at radius 1 is 1.45 bits per heavy atom. The fraction of sp³-hybridized carbons (Fsp3) is 1.00. The first kappa shape index (κ1) is 9.05. The molecule has 0 radical (unpaired) electrons. The summed E-state index contributed by atoms with van der Waals surface area (Å²) in [6.45, 7) is 4.44. The Labute approximate surface area is 70.1 Å². The van der Waals surface area contributed by atoms with Crippen LogP contribution in [0.4, 0.5) is 0 Å². The smallest absolute Gasteiger partial charge is 0.0546 e. The monoisotopic (exact) mass is 156 g/mol. The minimum Gasteiger partial charge on any atom is -0.382 e. The van der Waals surface area contributed by atoms with Crippen molar-refractivity contribution in [2.24, 2.45) is 11.8 Å². The maximum atomic E-state index is 5.23. The van der Waals surface area contributed by atoms with Gasteiger partial charge >= 0.3 is 0 Å². The third-order valence-electron chi connectivity index (χ3n) is 2.77. The topological polar surface area (TPSA) is 9.23 Å². The first-order valence-corrected chi connectivity index (χ1v) is 4.80. The second-order valence-corrected chi connectivity index (χ2v) is 3.83. The largest absolute Gasteiger partial charge is 0.382 e. The highest BCUT2D eigenvalue weighted by molar-refractivity contribution is 4.86. The molecule has 11 heavy (non-hydrogen) atoms. The molecule has 1 saturated carbocycles. The average Bonchev–Trinajstić information content (AvgIpc) is 2.69. The molecule has 0 saturated heterocycles. The third kappa shape index (κ3) is 2.82.